The van der Waals surface area contributed by atoms with Crippen molar-refractivity contribution in [3.05, 3.63) is 142 Å². The van der Waals surface area contributed by atoms with Crippen molar-refractivity contribution >= 4 is 0 Å². The molecule has 1 aliphatic carbocycles. The summed E-state index contributed by atoms with van der Waals surface area (Å²) < 4.78 is 27.7. The zero-order valence-corrected chi connectivity index (χ0v) is 21.2. The van der Waals surface area contributed by atoms with Crippen molar-refractivity contribution in [1.82, 2.24) is 4.90 Å². The molecular formula is C33H32F2N2O. The Kier molecular flexibility index (Phi) is 6.83. The second kappa shape index (κ2) is 10.4. The number of benzene rings is 4. The fourth-order valence-electron chi connectivity index (χ4n) is 6.43. The third-order valence-corrected chi connectivity index (χ3v) is 8.25. The molecule has 0 aromatic heterocycles. The summed E-state index contributed by atoms with van der Waals surface area (Å²) >= 11 is 0. The summed E-state index contributed by atoms with van der Waals surface area (Å²) in [6, 6.07) is 28.0. The smallest absolute Gasteiger partial charge is 0.126 e. The van der Waals surface area contributed by atoms with E-state index >= 15 is 0 Å². The molecule has 4 aromatic rings. The summed E-state index contributed by atoms with van der Waals surface area (Å²) in [7, 11) is 0. The Labute approximate surface area is 222 Å². The first-order chi connectivity index (χ1) is 18.5. The van der Waals surface area contributed by atoms with Crippen molar-refractivity contribution < 1.29 is 13.9 Å². The maximum absolute atomic E-state index is 13.9. The van der Waals surface area contributed by atoms with E-state index in [1.807, 2.05) is 6.07 Å². The van der Waals surface area contributed by atoms with Gasteiger partial charge in [0.15, 0.2) is 0 Å². The third-order valence-electron chi connectivity index (χ3n) is 8.25. The Hall–Kier alpha value is -3.38. The van der Waals surface area contributed by atoms with Gasteiger partial charge in [0.25, 0.3) is 0 Å². The van der Waals surface area contributed by atoms with Gasteiger partial charge in [0, 0.05) is 24.7 Å². The first-order valence-electron chi connectivity index (χ1n) is 13.3. The van der Waals surface area contributed by atoms with Crippen LogP contribution >= 0.6 is 0 Å². The zero-order chi connectivity index (χ0) is 26.2. The van der Waals surface area contributed by atoms with Gasteiger partial charge in [-0.2, -0.15) is 0 Å². The largest absolute Gasteiger partial charge is 0.390 e. The zero-order valence-electron chi connectivity index (χ0n) is 21.2. The lowest BCUT2D eigenvalue weighted by Crippen LogP contribution is -2.55. The number of nitrogens with zero attached hydrogens (tertiary/aromatic N) is 1. The maximum atomic E-state index is 13.9. The number of nitrogens with two attached hydrogens (primary N) is 1. The van der Waals surface area contributed by atoms with E-state index in [4.69, 9.17) is 5.73 Å². The fourth-order valence-corrected chi connectivity index (χ4v) is 6.43. The lowest BCUT2D eigenvalue weighted by Gasteiger charge is -2.46. The topological polar surface area (TPSA) is 49.5 Å². The maximum Gasteiger partial charge on any atom is 0.126 e. The number of hydrogen-bond acceptors (Lipinski definition) is 3. The van der Waals surface area contributed by atoms with Crippen LogP contribution in [-0.4, -0.2) is 28.2 Å². The number of rotatable bonds is 5. The van der Waals surface area contributed by atoms with E-state index in [1.54, 1.807) is 0 Å². The fraction of sp³-hybridized carbons (Fsp3) is 0.273. The molecule has 3 atom stereocenters. The molecule has 0 bridgehead atoms. The highest BCUT2D eigenvalue weighted by molar-refractivity contribution is 5.45. The van der Waals surface area contributed by atoms with Crippen molar-refractivity contribution in [2.75, 3.05) is 0 Å². The molecule has 0 amide bonds. The Bertz CT molecular complexity index is 1390. The molecule has 5 heteroatoms. The van der Waals surface area contributed by atoms with Crippen LogP contribution in [0.5, 0.6) is 0 Å². The lowest BCUT2D eigenvalue weighted by atomic mass is 9.83. The third kappa shape index (κ3) is 4.78. The normalized spacial score (nSPS) is 19.1. The lowest BCUT2D eigenvalue weighted by molar-refractivity contribution is 0.00588. The Morgan fingerprint density at radius 3 is 1.89 bits per heavy atom. The van der Waals surface area contributed by atoms with Crippen molar-refractivity contribution in [3.63, 3.8) is 0 Å². The molecule has 1 unspecified atom stereocenters. The van der Waals surface area contributed by atoms with Gasteiger partial charge >= 0.3 is 0 Å². The van der Waals surface area contributed by atoms with E-state index in [0.29, 0.717) is 18.5 Å². The number of hydrogen-bond donors (Lipinski definition) is 2. The van der Waals surface area contributed by atoms with E-state index < -0.39 is 23.8 Å². The number of aliphatic hydroxyl groups excluding tert-OH is 1. The average Bonchev–Trinajstić information content (AvgIpc) is 3.08. The van der Waals surface area contributed by atoms with Gasteiger partial charge in [-0.15, -0.1) is 0 Å². The second-order valence-electron chi connectivity index (χ2n) is 10.6. The van der Waals surface area contributed by atoms with Crippen LogP contribution in [0.4, 0.5) is 8.78 Å². The molecule has 2 aliphatic rings. The number of halogens is 2. The van der Waals surface area contributed by atoms with Gasteiger partial charge in [-0.3, -0.25) is 4.90 Å². The summed E-state index contributed by atoms with van der Waals surface area (Å²) in [5.41, 5.74) is 14.6. The van der Waals surface area contributed by atoms with Crippen LogP contribution in [0.2, 0.25) is 0 Å². The number of fused-ring (bicyclic) bond motifs is 3. The SMILES string of the molecule is N[C@@H](Cc1cc(F)cc(F)c1)[C@H](O)C1Cc2ccccc2CN1C1c2ccccc2CCc2ccccc21. The summed E-state index contributed by atoms with van der Waals surface area (Å²) in [6.07, 6.45) is 1.85. The van der Waals surface area contributed by atoms with Crippen LogP contribution in [0, 0.1) is 11.6 Å². The van der Waals surface area contributed by atoms with Gasteiger partial charge in [-0.1, -0.05) is 72.8 Å². The molecule has 3 nitrogen and oxygen atoms in total. The molecule has 38 heavy (non-hydrogen) atoms. The Morgan fingerprint density at radius 1 is 0.763 bits per heavy atom. The highest BCUT2D eigenvalue weighted by Crippen LogP contribution is 2.41. The van der Waals surface area contributed by atoms with E-state index in [-0.39, 0.29) is 18.5 Å². The van der Waals surface area contributed by atoms with Crippen LogP contribution < -0.4 is 5.73 Å². The standard InChI is InChI=1S/C33H32F2N2O/c34-26-15-21(16-27(35)19-26)17-30(36)33(38)31-18-24-9-1-2-10-25(24)20-37(31)32-28-11-5-3-7-22(28)13-14-23-8-4-6-12-29(23)32/h1-12,15-16,19,30-33,38H,13-14,17-18,20,36H2/t30-,31?,33-/m0/s1. The summed E-state index contributed by atoms with van der Waals surface area (Å²) in [5, 5.41) is 11.8. The van der Waals surface area contributed by atoms with Crippen molar-refractivity contribution in [2.24, 2.45) is 5.73 Å². The van der Waals surface area contributed by atoms with Gasteiger partial charge in [0.1, 0.15) is 11.6 Å². The van der Waals surface area contributed by atoms with Gasteiger partial charge in [0.2, 0.25) is 0 Å². The van der Waals surface area contributed by atoms with Crippen LogP contribution in [0.25, 0.3) is 0 Å². The second-order valence-corrected chi connectivity index (χ2v) is 10.6. The van der Waals surface area contributed by atoms with Crippen LogP contribution in [-0.2, 0) is 32.2 Å². The monoisotopic (exact) mass is 510 g/mol. The van der Waals surface area contributed by atoms with E-state index in [1.165, 1.54) is 45.5 Å². The van der Waals surface area contributed by atoms with Gasteiger partial charge in [-0.05, 0) is 76.8 Å². The van der Waals surface area contributed by atoms with E-state index in [2.05, 4.69) is 71.6 Å². The van der Waals surface area contributed by atoms with Gasteiger partial charge in [-0.25, -0.2) is 8.78 Å². The summed E-state index contributed by atoms with van der Waals surface area (Å²) in [4.78, 5) is 2.40. The predicted molar refractivity (Wildman–Crippen MR) is 146 cm³/mol. The molecule has 0 saturated carbocycles. The predicted octanol–water partition coefficient (Wildman–Crippen LogP) is 5.51. The molecule has 0 spiro atoms. The molecule has 1 heterocycles. The quantitative estimate of drug-likeness (QED) is 0.372. The minimum absolute atomic E-state index is 0.0447. The number of aryl methyl sites for hydroxylation is 2. The van der Waals surface area contributed by atoms with Crippen molar-refractivity contribution in [1.29, 1.82) is 0 Å². The Morgan fingerprint density at radius 2 is 1.29 bits per heavy atom. The molecule has 1 aliphatic heterocycles. The van der Waals surface area contributed by atoms with Gasteiger partial charge < -0.3 is 10.8 Å². The van der Waals surface area contributed by atoms with Crippen LogP contribution in [0.3, 0.4) is 0 Å². The minimum Gasteiger partial charge on any atom is -0.390 e. The summed E-state index contributed by atoms with van der Waals surface area (Å²) in [5.74, 6) is -1.27. The van der Waals surface area contributed by atoms with Crippen LogP contribution in [0.1, 0.15) is 45.0 Å². The first-order valence-corrected chi connectivity index (χ1v) is 13.3. The van der Waals surface area contributed by atoms with Gasteiger partial charge in [0.05, 0.1) is 12.1 Å². The molecule has 3 N–H and O–H groups in total. The number of aliphatic hydroxyl groups is 1. The average molecular weight is 511 g/mol. The highest BCUT2D eigenvalue weighted by atomic mass is 19.1. The molecule has 6 rings (SSSR count). The molecular weight excluding hydrogens is 478 g/mol. The molecule has 0 fully saturated rings. The molecule has 4 aromatic carbocycles. The Balaban J connectivity index is 1.42. The molecule has 0 radical (unpaired) electrons. The first kappa shape index (κ1) is 24.9. The van der Waals surface area contributed by atoms with E-state index in [0.717, 1.165) is 18.9 Å². The molecule has 194 valence electrons. The summed E-state index contributed by atoms with van der Waals surface area (Å²) in [6.45, 7) is 0.673. The van der Waals surface area contributed by atoms with Crippen molar-refractivity contribution in [2.45, 2.75) is 56.5 Å². The van der Waals surface area contributed by atoms with E-state index in [9.17, 15) is 13.9 Å². The minimum atomic E-state index is -0.905. The molecule has 0 saturated heterocycles. The van der Waals surface area contributed by atoms with Crippen LogP contribution in [0.15, 0.2) is 91.0 Å². The highest BCUT2D eigenvalue weighted by Gasteiger charge is 2.40. The van der Waals surface area contributed by atoms with Crippen molar-refractivity contribution in [3.8, 4) is 0 Å².